The largest absolute Gasteiger partial charge is 0.325 e. The molecule has 0 saturated heterocycles. The Morgan fingerprint density at radius 1 is 1.42 bits per heavy atom. The molecule has 1 fully saturated rings. The van der Waals surface area contributed by atoms with Crippen molar-refractivity contribution in [3.8, 4) is 6.07 Å². The molecule has 1 aliphatic heterocycles. The van der Waals surface area contributed by atoms with Crippen LogP contribution in [0.5, 0.6) is 0 Å². The number of urea groups is 1. The highest BCUT2D eigenvalue weighted by atomic mass is 16.2. The van der Waals surface area contributed by atoms with E-state index in [0.717, 1.165) is 36.2 Å². The van der Waals surface area contributed by atoms with Crippen LogP contribution < -0.4 is 5.32 Å². The average molecular weight is 348 g/mol. The molecule has 1 saturated carbocycles. The summed E-state index contributed by atoms with van der Waals surface area (Å²) in [5.74, 6) is 0.508. The fourth-order valence-corrected chi connectivity index (χ4v) is 3.18. The van der Waals surface area contributed by atoms with E-state index in [1.165, 1.54) is 0 Å². The van der Waals surface area contributed by atoms with Gasteiger partial charge in [0.15, 0.2) is 0 Å². The third kappa shape index (κ3) is 3.31. The zero-order valence-corrected chi connectivity index (χ0v) is 14.6. The maximum Gasteiger partial charge on any atom is 0.320 e. The van der Waals surface area contributed by atoms with Crippen LogP contribution in [-0.2, 0) is 13.0 Å². The van der Waals surface area contributed by atoms with Crippen molar-refractivity contribution >= 4 is 17.7 Å². The van der Waals surface area contributed by atoms with E-state index in [4.69, 9.17) is 5.26 Å². The molecule has 2 amide bonds. The monoisotopic (exact) mass is 348 g/mol. The van der Waals surface area contributed by atoms with Crippen molar-refractivity contribution in [1.82, 2.24) is 19.8 Å². The number of nitrogens with one attached hydrogen (secondary N) is 1. The topological polar surface area (TPSA) is 85.2 Å². The van der Waals surface area contributed by atoms with Gasteiger partial charge in [-0.2, -0.15) is 5.26 Å². The quantitative estimate of drug-likeness (QED) is 0.922. The lowest BCUT2D eigenvalue weighted by Crippen LogP contribution is -2.44. The van der Waals surface area contributed by atoms with E-state index in [-0.39, 0.29) is 6.03 Å². The van der Waals surface area contributed by atoms with Crippen LogP contribution in [0.4, 0.5) is 16.4 Å². The summed E-state index contributed by atoms with van der Waals surface area (Å²) in [5.41, 5.74) is 3.33. The molecule has 2 aliphatic rings. The number of carbonyl (C=O) groups excluding carboxylic acids is 1. The second-order valence-corrected chi connectivity index (χ2v) is 6.78. The normalized spacial score (nSPS) is 15.8. The summed E-state index contributed by atoms with van der Waals surface area (Å²) in [4.78, 5) is 25.2. The van der Waals surface area contributed by atoms with Gasteiger partial charge in [0, 0.05) is 43.5 Å². The van der Waals surface area contributed by atoms with Gasteiger partial charge in [0.25, 0.3) is 0 Å². The number of rotatable bonds is 3. The van der Waals surface area contributed by atoms with E-state index in [1.807, 2.05) is 29.0 Å². The summed E-state index contributed by atoms with van der Waals surface area (Å²) in [5, 5.41) is 12.1. The van der Waals surface area contributed by atoms with E-state index in [2.05, 4.69) is 21.4 Å². The van der Waals surface area contributed by atoms with Crippen LogP contribution in [0.3, 0.4) is 0 Å². The Morgan fingerprint density at radius 3 is 3.04 bits per heavy atom. The molecule has 0 unspecified atom stereocenters. The third-order valence-corrected chi connectivity index (χ3v) is 4.85. The van der Waals surface area contributed by atoms with Crippen molar-refractivity contribution in [3.63, 3.8) is 0 Å². The van der Waals surface area contributed by atoms with Gasteiger partial charge in [-0.3, -0.25) is 0 Å². The number of fused-ring (bicyclic) bond motifs is 1. The fourth-order valence-electron chi connectivity index (χ4n) is 3.18. The number of hydrogen-bond acceptors (Lipinski definition) is 5. The van der Waals surface area contributed by atoms with Gasteiger partial charge in [-0.1, -0.05) is 6.07 Å². The lowest BCUT2D eigenvalue weighted by Gasteiger charge is -2.31. The Morgan fingerprint density at radius 2 is 2.27 bits per heavy atom. The lowest BCUT2D eigenvalue weighted by molar-refractivity contribution is 0.155. The van der Waals surface area contributed by atoms with Crippen molar-refractivity contribution in [2.75, 3.05) is 18.9 Å². The van der Waals surface area contributed by atoms with Gasteiger partial charge in [-0.05, 0) is 31.0 Å². The highest BCUT2D eigenvalue weighted by Crippen LogP contribution is 2.27. The number of nitrogens with zero attached hydrogens (tertiary/aromatic N) is 5. The van der Waals surface area contributed by atoms with Crippen LogP contribution >= 0.6 is 0 Å². The molecule has 1 N–H and O–H groups in total. The Labute approximate surface area is 152 Å². The number of aromatic nitrogens is 2. The van der Waals surface area contributed by atoms with Crippen LogP contribution in [0.15, 0.2) is 30.5 Å². The van der Waals surface area contributed by atoms with Crippen molar-refractivity contribution in [2.45, 2.75) is 31.8 Å². The number of carbonyl (C=O) groups is 1. The van der Waals surface area contributed by atoms with Crippen molar-refractivity contribution in [2.24, 2.45) is 0 Å². The summed E-state index contributed by atoms with van der Waals surface area (Å²) in [6.45, 7) is 1.22. The molecule has 1 aliphatic carbocycles. The van der Waals surface area contributed by atoms with E-state index in [1.54, 1.807) is 18.3 Å². The lowest BCUT2D eigenvalue weighted by atomic mass is 10.1. The number of amides is 2. The first-order valence-corrected chi connectivity index (χ1v) is 8.78. The molecule has 26 heavy (non-hydrogen) atoms. The minimum Gasteiger partial charge on any atom is -0.325 e. The van der Waals surface area contributed by atoms with Crippen LogP contribution in [0, 0.1) is 11.3 Å². The summed E-state index contributed by atoms with van der Waals surface area (Å²) >= 11 is 0. The molecule has 2 heterocycles. The Balaban J connectivity index is 1.46. The standard InChI is InChI=1S/C19H20N6O/c1-24(16-5-6-16)19(26)25-8-7-17-14(12-25)11-21-18(23-17)22-15-4-2-3-13(9-15)10-20/h2-4,9,11,16H,5-8,12H2,1H3,(H,21,22,23). The SMILES string of the molecule is CN(C(=O)N1CCc2nc(Nc3cccc(C#N)c3)ncc2C1)C1CC1. The molecule has 7 heteroatoms. The Bertz CT molecular complexity index is 886. The second kappa shape index (κ2) is 6.64. The van der Waals surface area contributed by atoms with E-state index >= 15 is 0 Å². The number of benzene rings is 1. The second-order valence-electron chi connectivity index (χ2n) is 6.78. The summed E-state index contributed by atoms with van der Waals surface area (Å²) in [6, 6.07) is 9.83. The minimum absolute atomic E-state index is 0.0914. The number of nitriles is 1. The van der Waals surface area contributed by atoms with Crippen LogP contribution in [0.25, 0.3) is 0 Å². The maximum absolute atomic E-state index is 12.5. The van der Waals surface area contributed by atoms with Crippen molar-refractivity contribution in [3.05, 3.63) is 47.3 Å². The van der Waals surface area contributed by atoms with Crippen LogP contribution in [-0.4, -0.2) is 45.4 Å². The predicted octanol–water partition coefficient (Wildman–Crippen LogP) is 2.66. The molecular formula is C19H20N6O. The first kappa shape index (κ1) is 16.3. The maximum atomic E-state index is 12.5. The van der Waals surface area contributed by atoms with Crippen molar-refractivity contribution < 1.29 is 4.79 Å². The highest BCUT2D eigenvalue weighted by molar-refractivity contribution is 5.75. The summed E-state index contributed by atoms with van der Waals surface area (Å²) in [7, 11) is 1.88. The molecule has 1 aromatic carbocycles. The van der Waals surface area contributed by atoms with Gasteiger partial charge in [-0.15, -0.1) is 0 Å². The van der Waals surface area contributed by atoms with Gasteiger partial charge in [0.05, 0.1) is 23.9 Å². The summed E-state index contributed by atoms with van der Waals surface area (Å²) in [6.07, 6.45) is 4.72. The van der Waals surface area contributed by atoms with Crippen LogP contribution in [0.2, 0.25) is 0 Å². The van der Waals surface area contributed by atoms with E-state index in [0.29, 0.717) is 30.6 Å². The third-order valence-electron chi connectivity index (χ3n) is 4.85. The molecule has 0 bridgehead atoms. The number of hydrogen-bond donors (Lipinski definition) is 1. The Kier molecular flexibility index (Phi) is 4.17. The molecule has 7 nitrogen and oxygen atoms in total. The minimum atomic E-state index is 0.0914. The molecule has 2 aromatic rings. The number of anilines is 2. The van der Waals surface area contributed by atoms with Gasteiger partial charge >= 0.3 is 6.03 Å². The van der Waals surface area contributed by atoms with Gasteiger partial charge in [0.1, 0.15) is 0 Å². The molecular weight excluding hydrogens is 328 g/mol. The fraction of sp³-hybridized carbons (Fsp3) is 0.368. The van der Waals surface area contributed by atoms with Crippen LogP contribution in [0.1, 0.15) is 29.7 Å². The van der Waals surface area contributed by atoms with Gasteiger partial charge < -0.3 is 15.1 Å². The molecule has 1 aromatic heterocycles. The molecule has 4 rings (SSSR count). The zero-order chi connectivity index (χ0) is 18.1. The van der Waals surface area contributed by atoms with E-state index in [9.17, 15) is 4.79 Å². The average Bonchev–Trinajstić information content (AvgIpc) is 3.52. The van der Waals surface area contributed by atoms with Crippen molar-refractivity contribution in [1.29, 1.82) is 5.26 Å². The predicted molar refractivity (Wildman–Crippen MR) is 96.8 cm³/mol. The zero-order valence-electron chi connectivity index (χ0n) is 14.6. The Hall–Kier alpha value is -3.14. The molecule has 132 valence electrons. The first-order chi connectivity index (χ1) is 12.6. The highest BCUT2D eigenvalue weighted by Gasteiger charge is 2.33. The smallest absolute Gasteiger partial charge is 0.320 e. The first-order valence-electron chi connectivity index (χ1n) is 8.78. The summed E-state index contributed by atoms with van der Waals surface area (Å²) < 4.78 is 0. The van der Waals surface area contributed by atoms with Gasteiger partial charge in [0.2, 0.25) is 5.95 Å². The molecule has 0 atom stereocenters. The van der Waals surface area contributed by atoms with E-state index < -0.39 is 0 Å². The molecule has 0 radical (unpaired) electrons. The molecule has 0 spiro atoms. The van der Waals surface area contributed by atoms with Gasteiger partial charge in [-0.25, -0.2) is 14.8 Å².